The summed E-state index contributed by atoms with van der Waals surface area (Å²) in [4.78, 5) is 0. The van der Waals surface area contributed by atoms with Crippen molar-refractivity contribution in [3.05, 3.63) is 212 Å². The van der Waals surface area contributed by atoms with Crippen LogP contribution in [0.1, 0.15) is 48.1 Å². The van der Waals surface area contributed by atoms with Gasteiger partial charge < -0.3 is 0 Å². The molecule has 0 saturated carbocycles. The first-order valence-electron chi connectivity index (χ1n) is 19.8. The third-order valence-corrected chi connectivity index (χ3v) is 10.6. The van der Waals surface area contributed by atoms with Crippen molar-refractivity contribution in [1.82, 2.24) is 0 Å². The highest BCUT2D eigenvalue weighted by molar-refractivity contribution is 6.24. The molecule has 58 heavy (non-hydrogen) atoms. The van der Waals surface area contributed by atoms with Crippen molar-refractivity contribution in [1.29, 1.82) is 0 Å². The van der Waals surface area contributed by atoms with Crippen molar-refractivity contribution < 1.29 is 0 Å². The molecule has 0 bridgehead atoms. The number of rotatable bonds is 7. The Morgan fingerprint density at radius 2 is 0.690 bits per heavy atom. The average Bonchev–Trinajstić information content (AvgIpc) is 3.28. The van der Waals surface area contributed by atoms with E-state index in [4.69, 9.17) is 0 Å². The molecule has 9 aromatic rings. The lowest BCUT2D eigenvalue weighted by Crippen LogP contribution is -1.94. The predicted molar refractivity (Wildman–Crippen MR) is 259 cm³/mol. The standard InChI is InChI=1S/C54H40.C2H6.2CH4/c1-3-18-37(4-2)43-29-44(38-19-8-5-9-20-38)32-47(31-43)53-49-27-16-17-28-50(49)54(52-36-42-26-15-14-25-41(42)35-51(52)53)48-33-45(39-21-10-6-11-22-39)30-46(34-48)40-23-12-7-13-24-40;1-2;;/h3-36H,1-2H3;1-2H3;2*1H4/b18-3-,37-4+;;;. The Morgan fingerprint density at radius 1 is 0.345 bits per heavy atom. The Morgan fingerprint density at radius 3 is 1.10 bits per heavy atom. The minimum atomic E-state index is 0. The lowest BCUT2D eigenvalue weighted by Gasteiger charge is -2.21. The van der Waals surface area contributed by atoms with E-state index in [2.05, 4.69) is 220 Å². The van der Waals surface area contributed by atoms with Crippen molar-refractivity contribution >= 4 is 37.9 Å². The smallest absolute Gasteiger partial charge is 0.00257 e. The van der Waals surface area contributed by atoms with Gasteiger partial charge >= 0.3 is 0 Å². The van der Waals surface area contributed by atoms with E-state index in [-0.39, 0.29) is 14.9 Å². The molecular weight excluding hydrogens is 697 g/mol. The van der Waals surface area contributed by atoms with Gasteiger partial charge in [0.15, 0.2) is 0 Å². The molecule has 0 unspecified atom stereocenters. The summed E-state index contributed by atoms with van der Waals surface area (Å²) in [5, 5.41) is 7.45. The molecular formula is C58H54. The summed E-state index contributed by atoms with van der Waals surface area (Å²) < 4.78 is 0. The maximum Gasteiger partial charge on any atom is -0.00257 e. The number of allylic oxidation sites excluding steroid dienone is 4. The van der Waals surface area contributed by atoms with Gasteiger partial charge in [0, 0.05) is 0 Å². The molecule has 286 valence electrons. The molecule has 0 spiro atoms. The van der Waals surface area contributed by atoms with Crippen LogP contribution in [0, 0.1) is 0 Å². The van der Waals surface area contributed by atoms with Crippen LogP contribution in [0.2, 0.25) is 0 Å². The summed E-state index contributed by atoms with van der Waals surface area (Å²) in [6.07, 6.45) is 6.55. The molecule has 9 aromatic carbocycles. The van der Waals surface area contributed by atoms with E-state index >= 15 is 0 Å². The van der Waals surface area contributed by atoms with Gasteiger partial charge in [-0.05, 0) is 161 Å². The van der Waals surface area contributed by atoms with Crippen LogP contribution in [0.4, 0.5) is 0 Å². The minimum Gasteiger partial charge on any atom is -0.0871 e. The molecule has 0 saturated heterocycles. The molecule has 0 heteroatoms. The first-order valence-corrected chi connectivity index (χ1v) is 19.8. The largest absolute Gasteiger partial charge is 0.0871 e. The number of benzene rings is 9. The molecule has 0 aromatic heterocycles. The summed E-state index contributed by atoms with van der Waals surface area (Å²) in [5.41, 5.74) is 14.6. The molecule has 0 aliphatic heterocycles. The Bertz CT molecular complexity index is 2800. The number of hydrogen-bond acceptors (Lipinski definition) is 0. The van der Waals surface area contributed by atoms with Crippen molar-refractivity contribution in [3.63, 3.8) is 0 Å². The van der Waals surface area contributed by atoms with Gasteiger partial charge in [-0.1, -0.05) is 186 Å². The van der Waals surface area contributed by atoms with E-state index in [9.17, 15) is 0 Å². The van der Waals surface area contributed by atoms with Crippen LogP contribution in [0.5, 0.6) is 0 Å². The van der Waals surface area contributed by atoms with Crippen LogP contribution in [-0.4, -0.2) is 0 Å². The highest BCUT2D eigenvalue weighted by Gasteiger charge is 2.20. The third-order valence-electron chi connectivity index (χ3n) is 10.6. The van der Waals surface area contributed by atoms with E-state index in [1.807, 2.05) is 13.8 Å². The molecule has 0 heterocycles. The van der Waals surface area contributed by atoms with Gasteiger partial charge in [-0.2, -0.15) is 0 Å². The lowest BCUT2D eigenvalue weighted by atomic mass is 9.82. The monoisotopic (exact) mass is 750 g/mol. The second-order valence-electron chi connectivity index (χ2n) is 14.0. The van der Waals surface area contributed by atoms with Gasteiger partial charge in [-0.15, -0.1) is 0 Å². The van der Waals surface area contributed by atoms with E-state index in [1.165, 1.54) is 99.1 Å². The maximum atomic E-state index is 2.42. The quantitative estimate of drug-likeness (QED) is 0.112. The minimum absolute atomic E-state index is 0. The fourth-order valence-corrected chi connectivity index (χ4v) is 8.13. The molecule has 0 aliphatic carbocycles. The Balaban J connectivity index is 0.00000140. The van der Waals surface area contributed by atoms with Crippen LogP contribution in [0.25, 0.3) is 93.5 Å². The third kappa shape index (κ3) is 7.93. The van der Waals surface area contributed by atoms with Crippen molar-refractivity contribution in [2.75, 3.05) is 0 Å². The van der Waals surface area contributed by atoms with E-state index in [0.717, 1.165) is 0 Å². The van der Waals surface area contributed by atoms with Crippen molar-refractivity contribution in [3.8, 4) is 55.6 Å². The average molecular weight is 751 g/mol. The van der Waals surface area contributed by atoms with Gasteiger partial charge in [0.1, 0.15) is 0 Å². The summed E-state index contributed by atoms with van der Waals surface area (Å²) in [6.45, 7) is 8.22. The topological polar surface area (TPSA) is 0 Å². The Labute approximate surface area is 346 Å². The summed E-state index contributed by atoms with van der Waals surface area (Å²) in [5.74, 6) is 0. The van der Waals surface area contributed by atoms with Crippen molar-refractivity contribution in [2.24, 2.45) is 0 Å². The zero-order chi connectivity index (χ0) is 38.4. The van der Waals surface area contributed by atoms with E-state index in [0.29, 0.717) is 0 Å². The fraction of sp³-hybridized carbons (Fsp3) is 0.103. The second kappa shape index (κ2) is 18.5. The van der Waals surface area contributed by atoms with Gasteiger partial charge in [0.25, 0.3) is 0 Å². The molecule has 0 fully saturated rings. The van der Waals surface area contributed by atoms with Crippen LogP contribution < -0.4 is 0 Å². The highest BCUT2D eigenvalue weighted by Crippen LogP contribution is 2.47. The van der Waals surface area contributed by atoms with Gasteiger partial charge in [-0.25, -0.2) is 0 Å². The summed E-state index contributed by atoms with van der Waals surface area (Å²) >= 11 is 0. The van der Waals surface area contributed by atoms with E-state index < -0.39 is 0 Å². The summed E-state index contributed by atoms with van der Waals surface area (Å²) in [6, 6.07) is 69.2. The van der Waals surface area contributed by atoms with Gasteiger partial charge in [-0.3, -0.25) is 0 Å². The zero-order valence-electron chi connectivity index (χ0n) is 32.6. The van der Waals surface area contributed by atoms with Crippen LogP contribution in [0.3, 0.4) is 0 Å². The molecule has 9 rings (SSSR count). The van der Waals surface area contributed by atoms with Crippen LogP contribution >= 0.6 is 0 Å². The lowest BCUT2D eigenvalue weighted by molar-refractivity contribution is 1.50. The first kappa shape index (κ1) is 40.9. The van der Waals surface area contributed by atoms with Gasteiger partial charge in [0.05, 0.1) is 0 Å². The Hall–Kier alpha value is -6.76. The van der Waals surface area contributed by atoms with E-state index in [1.54, 1.807) is 0 Å². The zero-order valence-corrected chi connectivity index (χ0v) is 32.6. The normalized spacial score (nSPS) is 11.2. The number of hydrogen-bond donors (Lipinski definition) is 0. The molecule has 0 nitrogen and oxygen atoms in total. The summed E-state index contributed by atoms with van der Waals surface area (Å²) in [7, 11) is 0. The molecule has 0 amide bonds. The van der Waals surface area contributed by atoms with Gasteiger partial charge in [0.2, 0.25) is 0 Å². The SMILES string of the molecule is C.C.C/C=C\C(=C/C)c1cc(-c2ccccc2)cc(-c2c3ccccc3c(-c3cc(-c4ccccc4)cc(-c4ccccc4)c3)c3cc4ccccc4cc23)c1.CC. The van der Waals surface area contributed by atoms with Crippen molar-refractivity contribution in [2.45, 2.75) is 42.5 Å². The predicted octanol–water partition coefficient (Wildman–Crippen LogP) is 17.8. The molecule has 0 N–H and O–H groups in total. The molecule has 0 atom stereocenters. The van der Waals surface area contributed by atoms with Crippen LogP contribution in [-0.2, 0) is 0 Å². The van der Waals surface area contributed by atoms with Crippen LogP contribution in [0.15, 0.2) is 206 Å². The maximum absolute atomic E-state index is 2.42. The Kier molecular flexibility index (Phi) is 13.0. The first-order chi connectivity index (χ1) is 27.7. The highest BCUT2D eigenvalue weighted by atomic mass is 14.2. The molecule has 0 aliphatic rings. The second-order valence-corrected chi connectivity index (χ2v) is 14.0. The number of fused-ring (bicyclic) bond motifs is 3. The fourth-order valence-electron chi connectivity index (χ4n) is 8.13. The molecule has 0 radical (unpaired) electrons.